The molecule has 0 heterocycles. The Kier molecular flexibility index (Phi) is 5.71. The van der Waals surface area contributed by atoms with E-state index in [1.165, 1.54) is 0 Å². The summed E-state index contributed by atoms with van der Waals surface area (Å²) < 4.78 is 45.2. The molecule has 0 aliphatic carbocycles. The van der Waals surface area contributed by atoms with Crippen molar-refractivity contribution in [2.24, 2.45) is 0 Å². The Morgan fingerprint density at radius 2 is 1.05 bits per heavy atom. The molecule has 0 radical (unpaired) electrons. The highest BCUT2D eigenvalue weighted by Gasteiger charge is 2.07. The maximum atomic E-state index is 11.3. The molecule has 0 aromatic heterocycles. The van der Waals surface area contributed by atoms with Crippen molar-refractivity contribution >= 4 is 19.7 Å². The largest absolute Gasteiger partial charge is 0.224 e. The summed E-state index contributed by atoms with van der Waals surface area (Å²) in [6.07, 6.45) is 0.833. The van der Waals surface area contributed by atoms with E-state index in [1.807, 2.05) is 24.3 Å². The lowest BCUT2D eigenvalue weighted by Crippen LogP contribution is -2.06. The van der Waals surface area contributed by atoms with Gasteiger partial charge in [-0.25, -0.2) is 16.8 Å². The zero-order valence-electron chi connectivity index (χ0n) is 11.2. The van der Waals surface area contributed by atoms with Crippen molar-refractivity contribution in [2.45, 2.75) is 12.8 Å². The monoisotopic (exact) mass is 314 g/mol. The summed E-state index contributed by atoms with van der Waals surface area (Å²) in [7, 11) is -6.37. The zero-order valence-corrected chi connectivity index (χ0v) is 12.8. The van der Waals surface area contributed by atoms with E-state index in [1.54, 1.807) is 0 Å². The van der Waals surface area contributed by atoms with Gasteiger partial charge in [-0.15, -0.1) is 0 Å². The minimum absolute atomic E-state index is 0.0285. The summed E-state index contributed by atoms with van der Waals surface area (Å²) in [5, 5.41) is 1.92. The second-order valence-electron chi connectivity index (χ2n) is 4.38. The van der Waals surface area contributed by atoms with Gasteiger partial charge >= 0.3 is 0 Å². The molecule has 0 saturated carbocycles. The molecule has 0 saturated heterocycles. The predicted molar refractivity (Wildman–Crippen MR) is 81.8 cm³/mol. The minimum Gasteiger partial charge on any atom is -0.224 e. The fraction of sp³-hybridized carbons (Fsp3) is 0.286. The van der Waals surface area contributed by atoms with Crippen molar-refractivity contribution in [2.75, 3.05) is 11.5 Å². The van der Waals surface area contributed by atoms with E-state index in [9.17, 15) is 16.8 Å². The van der Waals surface area contributed by atoms with Gasteiger partial charge in [-0.1, -0.05) is 37.4 Å². The molecule has 0 fully saturated rings. The molecule has 4 nitrogen and oxygen atoms in total. The molecule has 1 aromatic rings. The molecule has 0 aliphatic heterocycles. The third-order valence-electron chi connectivity index (χ3n) is 2.88. The van der Waals surface area contributed by atoms with Crippen LogP contribution in [0.15, 0.2) is 48.2 Å². The highest BCUT2D eigenvalue weighted by molar-refractivity contribution is 7.94. The average Bonchev–Trinajstić information content (AvgIpc) is 2.44. The number of sulfone groups is 2. The van der Waals surface area contributed by atoms with Gasteiger partial charge in [0.05, 0.1) is 11.5 Å². The van der Waals surface area contributed by atoms with E-state index < -0.39 is 19.7 Å². The quantitative estimate of drug-likeness (QED) is 0.735. The fourth-order valence-corrected chi connectivity index (χ4v) is 2.93. The molecule has 1 aromatic carbocycles. The van der Waals surface area contributed by atoms with Crippen LogP contribution in [0.25, 0.3) is 0 Å². The molecular weight excluding hydrogens is 296 g/mol. The lowest BCUT2D eigenvalue weighted by molar-refractivity contribution is 0.602. The Hall–Kier alpha value is -1.40. The lowest BCUT2D eigenvalue weighted by Gasteiger charge is -2.04. The van der Waals surface area contributed by atoms with Crippen LogP contribution < -0.4 is 0 Å². The van der Waals surface area contributed by atoms with Crippen LogP contribution >= 0.6 is 0 Å². The molecule has 0 spiro atoms. The predicted octanol–water partition coefficient (Wildman–Crippen LogP) is 1.89. The van der Waals surface area contributed by atoms with E-state index in [0.717, 1.165) is 21.9 Å². The van der Waals surface area contributed by atoms with Gasteiger partial charge in [0.1, 0.15) is 0 Å². The number of rotatable bonds is 8. The number of benzene rings is 1. The molecule has 0 unspecified atom stereocenters. The second kappa shape index (κ2) is 6.85. The van der Waals surface area contributed by atoms with Crippen molar-refractivity contribution in [3.05, 3.63) is 59.4 Å². The molecule has 6 heteroatoms. The summed E-state index contributed by atoms with van der Waals surface area (Å²) in [6.45, 7) is 6.52. The topological polar surface area (TPSA) is 68.3 Å². The molecule has 0 N–H and O–H groups in total. The maximum absolute atomic E-state index is 11.3. The van der Waals surface area contributed by atoms with Gasteiger partial charge in [0.2, 0.25) is 0 Å². The summed E-state index contributed by atoms with van der Waals surface area (Å²) in [4.78, 5) is 0. The van der Waals surface area contributed by atoms with Gasteiger partial charge in [0.25, 0.3) is 0 Å². The van der Waals surface area contributed by atoms with Gasteiger partial charge in [-0.2, -0.15) is 0 Å². The zero-order chi connectivity index (χ0) is 15.2. The molecule has 0 bridgehead atoms. The fourth-order valence-electron chi connectivity index (χ4n) is 1.56. The Bertz CT molecular complexity index is 607. The van der Waals surface area contributed by atoms with Crippen molar-refractivity contribution in [1.29, 1.82) is 0 Å². The Labute approximate surface area is 120 Å². The SMILES string of the molecule is C=CS(=O)(=O)CCc1ccc(CCS(=O)(=O)C=C)cc1. The number of aryl methyl sites for hydroxylation is 2. The standard InChI is InChI=1S/C14H18O4S2/c1-3-19(15,16)11-9-13-5-7-14(8-6-13)10-12-20(17,18)4-2/h3-8H,1-2,9-12H2. The summed E-state index contributed by atoms with van der Waals surface area (Å²) in [5.74, 6) is 0.0569. The molecule has 1 rings (SSSR count). The highest BCUT2D eigenvalue weighted by atomic mass is 32.2. The summed E-state index contributed by atoms with van der Waals surface area (Å²) in [6, 6.07) is 7.26. The van der Waals surface area contributed by atoms with Crippen LogP contribution in [0, 0.1) is 0 Å². The van der Waals surface area contributed by atoms with Crippen molar-refractivity contribution in [3.63, 3.8) is 0 Å². The molecule has 0 amide bonds. The third kappa shape index (κ3) is 5.71. The Morgan fingerprint density at radius 3 is 1.30 bits per heavy atom. The molecule has 0 atom stereocenters. The molecule has 110 valence electrons. The van der Waals surface area contributed by atoms with Gasteiger partial charge in [-0.05, 0) is 24.0 Å². The molecular formula is C14H18O4S2. The first-order valence-corrected chi connectivity index (χ1v) is 9.49. The van der Waals surface area contributed by atoms with Crippen molar-refractivity contribution < 1.29 is 16.8 Å². The van der Waals surface area contributed by atoms with Crippen LogP contribution in [0.5, 0.6) is 0 Å². The third-order valence-corrected chi connectivity index (χ3v) is 5.44. The van der Waals surface area contributed by atoms with Gasteiger partial charge in [0, 0.05) is 10.8 Å². The summed E-state index contributed by atoms with van der Waals surface area (Å²) in [5.41, 5.74) is 1.79. The van der Waals surface area contributed by atoms with E-state index in [4.69, 9.17) is 0 Å². The Balaban J connectivity index is 2.61. The van der Waals surface area contributed by atoms with E-state index in [0.29, 0.717) is 12.8 Å². The first-order valence-electron chi connectivity index (χ1n) is 6.06. The van der Waals surface area contributed by atoms with Crippen LogP contribution in [0.2, 0.25) is 0 Å². The van der Waals surface area contributed by atoms with Crippen LogP contribution in [-0.4, -0.2) is 28.3 Å². The highest BCUT2D eigenvalue weighted by Crippen LogP contribution is 2.09. The lowest BCUT2D eigenvalue weighted by atomic mass is 10.1. The van der Waals surface area contributed by atoms with Crippen LogP contribution in [-0.2, 0) is 32.5 Å². The first-order chi connectivity index (χ1) is 9.28. The van der Waals surface area contributed by atoms with Gasteiger partial charge < -0.3 is 0 Å². The minimum atomic E-state index is -3.19. The van der Waals surface area contributed by atoms with Crippen LogP contribution in [0.4, 0.5) is 0 Å². The van der Waals surface area contributed by atoms with Crippen molar-refractivity contribution in [1.82, 2.24) is 0 Å². The average molecular weight is 314 g/mol. The van der Waals surface area contributed by atoms with E-state index >= 15 is 0 Å². The van der Waals surface area contributed by atoms with E-state index in [2.05, 4.69) is 13.2 Å². The van der Waals surface area contributed by atoms with Crippen LogP contribution in [0.1, 0.15) is 11.1 Å². The van der Waals surface area contributed by atoms with E-state index in [-0.39, 0.29) is 11.5 Å². The number of hydrogen-bond acceptors (Lipinski definition) is 4. The smallest absolute Gasteiger partial charge is 0.171 e. The molecule has 20 heavy (non-hydrogen) atoms. The summed E-state index contributed by atoms with van der Waals surface area (Å²) >= 11 is 0. The van der Waals surface area contributed by atoms with Crippen LogP contribution in [0.3, 0.4) is 0 Å². The molecule has 0 aliphatic rings. The van der Waals surface area contributed by atoms with Gasteiger partial charge in [-0.3, -0.25) is 0 Å². The number of hydrogen-bond donors (Lipinski definition) is 0. The second-order valence-corrected chi connectivity index (χ2v) is 8.52. The normalized spacial score (nSPS) is 12.0. The Morgan fingerprint density at radius 1 is 0.750 bits per heavy atom. The first kappa shape index (κ1) is 16.7. The van der Waals surface area contributed by atoms with Gasteiger partial charge in [0.15, 0.2) is 19.7 Å². The van der Waals surface area contributed by atoms with Crippen molar-refractivity contribution in [3.8, 4) is 0 Å². The maximum Gasteiger partial charge on any atom is 0.171 e.